The zero-order valence-electron chi connectivity index (χ0n) is 15.9. The molecule has 29 heavy (non-hydrogen) atoms. The van der Waals surface area contributed by atoms with Crippen molar-refractivity contribution in [1.82, 2.24) is 25.1 Å². The second-order valence-corrected chi connectivity index (χ2v) is 8.89. The second kappa shape index (κ2) is 7.07. The van der Waals surface area contributed by atoms with E-state index in [1.165, 1.54) is 0 Å². The number of alkyl halides is 1. The molecule has 0 radical (unpaired) electrons. The average Bonchev–Trinajstić information content (AvgIpc) is 3.34. The number of aromatic nitrogens is 4. The summed E-state index contributed by atoms with van der Waals surface area (Å²) < 4.78 is 16.3. The Bertz CT molecular complexity index is 1080. The number of nitrogens with zero attached hydrogens (tertiary/aromatic N) is 4. The Morgan fingerprint density at radius 3 is 2.86 bits per heavy atom. The normalized spacial score (nSPS) is 23.3. The van der Waals surface area contributed by atoms with Gasteiger partial charge in [-0.25, -0.2) is 19.0 Å². The van der Waals surface area contributed by atoms with Gasteiger partial charge in [0.15, 0.2) is 5.15 Å². The van der Waals surface area contributed by atoms with Crippen molar-refractivity contribution in [2.75, 3.05) is 18.4 Å². The molecule has 1 aliphatic carbocycles. The molecule has 3 heterocycles. The molecule has 1 unspecified atom stereocenters. The SMILES string of the molecule is CC1(n2ncc(Nc3ncc4cc(Cl)c(C5CCNC[C@H]5F)cc4n3)c2Cl)CC1. The molecule has 2 fully saturated rings. The molecule has 1 saturated carbocycles. The third-order valence-corrected chi connectivity index (χ3v) is 6.64. The van der Waals surface area contributed by atoms with E-state index in [0.717, 1.165) is 30.3 Å². The van der Waals surface area contributed by atoms with Crippen molar-refractivity contribution in [3.63, 3.8) is 0 Å². The zero-order chi connectivity index (χ0) is 20.2. The molecule has 1 aliphatic heterocycles. The summed E-state index contributed by atoms with van der Waals surface area (Å²) >= 11 is 13.0. The van der Waals surface area contributed by atoms with Crippen LogP contribution in [0.2, 0.25) is 10.2 Å². The summed E-state index contributed by atoms with van der Waals surface area (Å²) in [6.07, 6.45) is 5.26. The van der Waals surface area contributed by atoms with Gasteiger partial charge in [0, 0.05) is 29.1 Å². The highest BCUT2D eigenvalue weighted by Gasteiger charge is 2.42. The smallest absolute Gasteiger partial charge is 0.227 e. The minimum atomic E-state index is -0.966. The standard InChI is InChI=1S/C20H21Cl2FN6/c1-20(3-4-20)29-18(22)17(10-26-29)28-19-25-8-11-6-14(21)13(7-16(11)27-19)12-2-5-24-9-15(12)23/h6-8,10,12,15,24H,2-5,9H2,1H3,(H,25,27,28)/t12?,15-/m1/s1. The van der Waals surface area contributed by atoms with Crippen LogP contribution < -0.4 is 10.6 Å². The van der Waals surface area contributed by atoms with E-state index >= 15 is 0 Å². The van der Waals surface area contributed by atoms with Crippen molar-refractivity contribution in [2.45, 2.75) is 43.8 Å². The molecule has 6 nitrogen and oxygen atoms in total. The molecule has 0 spiro atoms. The number of anilines is 2. The first-order valence-electron chi connectivity index (χ1n) is 9.77. The number of halogens is 3. The van der Waals surface area contributed by atoms with Crippen molar-refractivity contribution >= 4 is 45.7 Å². The van der Waals surface area contributed by atoms with Gasteiger partial charge < -0.3 is 10.6 Å². The Morgan fingerprint density at radius 2 is 2.10 bits per heavy atom. The lowest BCUT2D eigenvalue weighted by molar-refractivity contribution is 0.231. The molecule has 1 saturated heterocycles. The fourth-order valence-corrected chi connectivity index (χ4v) is 4.55. The first-order valence-corrected chi connectivity index (χ1v) is 10.5. The van der Waals surface area contributed by atoms with E-state index in [0.29, 0.717) is 40.3 Å². The van der Waals surface area contributed by atoms with Gasteiger partial charge >= 0.3 is 0 Å². The van der Waals surface area contributed by atoms with Crippen molar-refractivity contribution in [1.29, 1.82) is 0 Å². The predicted molar refractivity (Wildman–Crippen MR) is 113 cm³/mol. The molecule has 1 aromatic carbocycles. The van der Waals surface area contributed by atoms with Crippen LogP contribution in [0.25, 0.3) is 10.9 Å². The first-order chi connectivity index (χ1) is 13.9. The predicted octanol–water partition coefficient (Wildman–Crippen LogP) is 4.80. The molecule has 0 bridgehead atoms. The number of piperidine rings is 1. The number of nitrogens with one attached hydrogen (secondary N) is 2. The number of hydrogen-bond acceptors (Lipinski definition) is 5. The van der Waals surface area contributed by atoms with Crippen molar-refractivity contribution in [3.8, 4) is 0 Å². The molecule has 152 valence electrons. The van der Waals surface area contributed by atoms with Crippen molar-refractivity contribution in [3.05, 3.63) is 40.3 Å². The minimum absolute atomic E-state index is 0.00463. The molecular formula is C20H21Cl2FN6. The van der Waals surface area contributed by atoms with Gasteiger partial charge in [0.05, 0.1) is 22.9 Å². The van der Waals surface area contributed by atoms with E-state index in [2.05, 4.69) is 32.6 Å². The Morgan fingerprint density at radius 1 is 1.28 bits per heavy atom. The third-order valence-electron chi connectivity index (χ3n) is 5.95. The van der Waals surface area contributed by atoms with Crippen LogP contribution in [-0.2, 0) is 5.54 Å². The number of fused-ring (bicyclic) bond motifs is 1. The van der Waals surface area contributed by atoms with Crippen LogP contribution in [0.1, 0.15) is 37.7 Å². The topological polar surface area (TPSA) is 67.7 Å². The van der Waals surface area contributed by atoms with Crippen LogP contribution in [0.3, 0.4) is 0 Å². The summed E-state index contributed by atoms with van der Waals surface area (Å²) in [6, 6.07) is 3.69. The zero-order valence-corrected chi connectivity index (χ0v) is 17.4. The molecular weight excluding hydrogens is 414 g/mol. The van der Waals surface area contributed by atoms with Crippen LogP contribution in [0.15, 0.2) is 24.5 Å². The lowest BCUT2D eigenvalue weighted by Crippen LogP contribution is -2.36. The Hall–Kier alpha value is -1.96. The van der Waals surface area contributed by atoms with Gasteiger partial charge in [-0.15, -0.1) is 0 Å². The Kier molecular flexibility index (Phi) is 4.64. The van der Waals surface area contributed by atoms with Crippen LogP contribution >= 0.6 is 23.2 Å². The summed E-state index contributed by atoms with van der Waals surface area (Å²) in [5, 5.41) is 12.5. The van der Waals surface area contributed by atoms with E-state index in [1.54, 1.807) is 12.4 Å². The molecule has 2 aliphatic rings. The van der Waals surface area contributed by atoms with Gasteiger partial charge in [-0.05, 0) is 50.4 Å². The van der Waals surface area contributed by atoms with Gasteiger partial charge in [-0.3, -0.25) is 0 Å². The number of benzene rings is 1. The highest BCUT2D eigenvalue weighted by Crippen LogP contribution is 2.45. The summed E-state index contributed by atoms with van der Waals surface area (Å²) in [5.74, 6) is 0.182. The highest BCUT2D eigenvalue weighted by atomic mass is 35.5. The van der Waals surface area contributed by atoms with E-state index in [1.807, 2.05) is 16.8 Å². The van der Waals surface area contributed by atoms with Crippen LogP contribution in [0, 0.1) is 0 Å². The van der Waals surface area contributed by atoms with Crippen molar-refractivity contribution in [2.24, 2.45) is 0 Å². The van der Waals surface area contributed by atoms with E-state index in [4.69, 9.17) is 23.2 Å². The fraction of sp³-hybridized carbons (Fsp3) is 0.450. The van der Waals surface area contributed by atoms with E-state index in [-0.39, 0.29) is 11.5 Å². The molecule has 0 amide bonds. The van der Waals surface area contributed by atoms with Crippen LogP contribution in [0.4, 0.5) is 16.0 Å². The molecule has 2 atom stereocenters. The van der Waals surface area contributed by atoms with Gasteiger partial charge in [-0.2, -0.15) is 5.10 Å². The van der Waals surface area contributed by atoms with E-state index < -0.39 is 6.17 Å². The maximum Gasteiger partial charge on any atom is 0.227 e. The van der Waals surface area contributed by atoms with Gasteiger partial charge in [0.2, 0.25) is 5.95 Å². The summed E-state index contributed by atoms with van der Waals surface area (Å²) in [5.41, 5.74) is 2.18. The maximum absolute atomic E-state index is 14.4. The quantitative estimate of drug-likeness (QED) is 0.616. The summed E-state index contributed by atoms with van der Waals surface area (Å²) in [4.78, 5) is 8.97. The summed E-state index contributed by atoms with van der Waals surface area (Å²) in [7, 11) is 0. The molecule has 2 N–H and O–H groups in total. The first kappa shape index (κ1) is 19.0. The monoisotopic (exact) mass is 434 g/mol. The highest BCUT2D eigenvalue weighted by molar-refractivity contribution is 6.32. The fourth-order valence-electron chi connectivity index (χ4n) is 3.89. The van der Waals surface area contributed by atoms with Crippen molar-refractivity contribution < 1.29 is 4.39 Å². The minimum Gasteiger partial charge on any atom is -0.320 e. The number of hydrogen-bond donors (Lipinski definition) is 2. The largest absolute Gasteiger partial charge is 0.320 e. The lowest BCUT2D eigenvalue weighted by Gasteiger charge is -2.27. The lowest BCUT2D eigenvalue weighted by atomic mass is 9.88. The number of rotatable bonds is 4. The van der Waals surface area contributed by atoms with E-state index in [9.17, 15) is 4.39 Å². The Balaban J connectivity index is 1.47. The Labute approximate surface area is 177 Å². The third kappa shape index (κ3) is 3.45. The molecule has 9 heteroatoms. The van der Waals surface area contributed by atoms with Gasteiger partial charge in [0.1, 0.15) is 6.17 Å². The van der Waals surface area contributed by atoms with Crippen LogP contribution in [-0.4, -0.2) is 39.0 Å². The maximum atomic E-state index is 14.4. The second-order valence-electron chi connectivity index (χ2n) is 8.12. The molecule has 2 aromatic heterocycles. The van der Waals surface area contributed by atoms with Crippen LogP contribution in [0.5, 0.6) is 0 Å². The van der Waals surface area contributed by atoms with Gasteiger partial charge in [-0.1, -0.05) is 23.2 Å². The molecule has 5 rings (SSSR count). The van der Waals surface area contributed by atoms with Gasteiger partial charge in [0.25, 0.3) is 0 Å². The molecule has 3 aromatic rings. The average molecular weight is 435 g/mol. The summed E-state index contributed by atoms with van der Waals surface area (Å²) in [6.45, 7) is 3.25.